The molecule has 3 aliphatic heterocycles. The van der Waals surface area contributed by atoms with E-state index in [0.717, 1.165) is 24.1 Å². The molecule has 0 saturated carbocycles. The first-order chi connectivity index (χ1) is 12.5. The van der Waals surface area contributed by atoms with E-state index in [4.69, 9.17) is 0 Å². The van der Waals surface area contributed by atoms with Crippen molar-refractivity contribution in [3.8, 4) is 0 Å². The molecule has 0 aromatic heterocycles. The van der Waals surface area contributed by atoms with Crippen LogP contribution in [0.4, 0.5) is 0 Å². The third kappa shape index (κ3) is 3.12. The molecule has 4 rings (SSSR count). The van der Waals surface area contributed by atoms with Crippen LogP contribution in [0.25, 0.3) is 0 Å². The summed E-state index contributed by atoms with van der Waals surface area (Å²) in [6, 6.07) is 6.24. The first-order valence-electron chi connectivity index (χ1n) is 9.25. The molecule has 0 aliphatic carbocycles. The molecule has 3 N–H and O–H groups in total. The van der Waals surface area contributed by atoms with E-state index in [-0.39, 0.29) is 24.1 Å². The second-order valence-electron chi connectivity index (χ2n) is 7.47. The molecule has 3 unspecified atom stereocenters. The van der Waals surface area contributed by atoms with Gasteiger partial charge in [-0.1, -0.05) is 18.2 Å². The molecule has 0 spiro atoms. The highest BCUT2D eigenvalue weighted by Gasteiger charge is 2.39. The lowest BCUT2D eigenvalue weighted by atomic mass is 10.0. The van der Waals surface area contributed by atoms with Gasteiger partial charge in [-0.25, -0.2) is 0 Å². The van der Waals surface area contributed by atoms with Gasteiger partial charge in [0.05, 0.1) is 0 Å². The number of rotatable bonds is 4. The number of nitrogens with one attached hydrogen (secondary N) is 3. The summed E-state index contributed by atoms with van der Waals surface area (Å²) >= 11 is 0. The number of carbonyl (C=O) groups is 3. The molecule has 0 bridgehead atoms. The highest BCUT2D eigenvalue weighted by atomic mass is 16.2. The SMILES string of the molecule is CC1CC(NCc2cccc3c2C(=O)N(C2CCC(=O)NC2=O)C3)CN1. The van der Waals surface area contributed by atoms with E-state index < -0.39 is 6.04 Å². The Bertz CT molecular complexity index is 763. The fraction of sp³-hybridized carbons (Fsp3) is 0.526. The summed E-state index contributed by atoms with van der Waals surface area (Å²) in [6.07, 6.45) is 1.74. The Balaban J connectivity index is 1.49. The molecule has 2 saturated heterocycles. The number of nitrogens with zero attached hydrogens (tertiary/aromatic N) is 1. The molecule has 2 fully saturated rings. The second kappa shape index (κ2) is 6.81. The maximum atomic E-state index is 13.0. The van der Waals surface area contributed by atoms with E-state index >= 15 is 0 Å². The minimum Gasteiger partial charge on any atom is -0.322 e. The zero-order valence-electron chi connectivity index (χ0n) is 14.9. The lowest BCUT2D eigenvalue weighted by Crippen LogP contribution is -2.52. The van der Waals surface area contributed by atoms with Crippen molar-refractivity contribution in [3.63, 3.8) is 0 Å². The van der Waals surface area contributed by atoms with Gasteiger partial charge in [0.2, 0.25) is 11.8 Å². The third-order valence-electron chi connectivity index (χ3n) is 5.57. The molecule has 3 amide bonds. The standard InChI is InChI=1S/C19H24N4O3/c1-11-7-14(9-20-11)21-8-12-3-2-4-13-10-23(19(26)17(12)13)15-5-6-16(24)22-18(15)25/h2-4,11,14-15,20-21H,5-10H2,1H3,(H,22,24,25). The van der Waals surface area contributed by atoms with E-state index in [1.54, 1.807) is 4.90 Å². The quantitative estimate of drug-likeness (QED) is 0.675. The van der Waals surface area contributed by atoms with Crippen molar-refractivity contribution in [1.82, 2.24) is 20.9 Å². The smallest absolute Gasteiger partial charge is 0.255 e. The molecule has 138 valence electrons. The number of benzene rings is 1. The molecule has 1 aromatic carbocycles. The Kier molecular flexibility index (Phi) is 4.50. The van der Waals surface area contributed by atoms with E-state index in [2.05, 4.69) is 22.9 Å². The van der Waals surface area contributed by atoms with Crippen LogP contribution < -0.4 is 16.0 Å². The van der Waals surface area contributed by atoms with E-state index in [0.29, 0.717) is 37.2 Å². The summed E-state index contributed by atoms with van der Waals surface area (Å²) in [5.41, 5.74) is 2.64. The van der Waals surface area contributed by atoms with Gasteiger partial charge in [0.25, 0.3) is 5.91 Å². The molecular formula is C19H24N4O3. The zero-order valence-corrected chi connectivity index (χ0v) is 14.9. The monoisotopic (exact) mass is 356 g/mol. The lowest BCUT2D eigenvalue weighted by molar-refractivity contribution is -0.136. The maximum Gasteiger partial charge on any atom is 0.255 e. The lowest BCUT2D eigenvalue weighted by Gasteiger charge is -2.29. The number of piperidine rings is 1. The minimum atomic E-state index is -0.562. The molecule has 26 heavy (non-hydrogen) atoms. The maximum absolute atomic E-state index is 13.0. The summed E-state index contributed by atoms with van der Waals surface area (Å²) in [5, 5.41) is 9.29. The molecule has 0 radical (unpaired) electrons. The van der Waals surface area contributed by atoms with E-state index in [1.807, 2.05) is 18.2 Å². The van der Waals surface area contributed by atoms with Gasteiger partial charge in [-0.2, -0.15) is 0 Å². The van der Waals surface area contributed by atoms with Crippen LogP contribution in [0.2, 0.25) is 0 Å². The van der Waals surface area contributed by atoms with Gasteiger partial charge in [-0.15, -0.1) is 0 Å². The van der Waals surface area contributed by atoms with Crippen LogP contribution in [0.5, 0.6) is 0 Å². The van der Waals surface area contributed by atoms with Crippen LogP contribution >= 0.6 is 0 Å². The normalized spacial score (nSPS) is 28.4. The first kappa shape index (κ1) is 17.2. The van der Waals surface area contributed by atoms with E-state index in [1.165, 1.54) is 0 Å². The number of hydrogen-bond donors (Lipinski definition) is 3. The average molecular weight is 356 g/mol. The van der Waals surface area contributed by atoms with Crippen molar-refractivity contribution in [3.05, 3.63) is 34.9 Å². The Morgan fingerprint density at radius 1 is 1.27 bits per heavy atom. The second-order valence-corrected chi connectivity index (χ2v) is 7.47. The molecule has 3 aliphatic rings. The number of carbonyl (C=O) groups excluding carboxylic acids is 3. The van der Waals surface area contributed by atoms with Gasteiger partial charge in [-0.05, 0) is 30.9 Å². The summed E-state index contributed by atoms with van der Waals surface area (Å²) in [6.45, 7) is 4.17. The van der Waals surface area contributed by atoms with Crippen LogP contribution in [0.3, 0.4) is 0 Å². The van der Waals surface area contributed by atoms with E-state index in [9.17, 15) is 14.4 Å². The van der Waals surface area contributed by atoms with Gasteiger partial charge < -0.3 is 15.5 Å². The average Bonchev–Trinajstić information content (AvgIpc) is 3.17. The Morgan fingerprint density at radius 2 is 2.12 bits per heavy atom. The Labute approximate surface area is 152 Å². The summed E-state index contributed by atoms with van der Waals surface area (Å²) in [5.74, 6) is -0.738. The fourth-order valence-corrected chi connectivity index (χ4v) is 4.18. The van der Waals surface area contributed by atoms with Crippen molar-refractivity contribution < 1.29 is 14.4 Å². The molecule has 3 atom stereocenters. The topological polar surface area (TPSA) is 90.5 Å². The number of imide groups is 1. The first-order valence-corrected chi connectivity index (χ1v) is 9.25. The largest absolute Gasteiger partial charge is 0.322 e. The van der Waals surface area contributed by atoms with Crippen LogP contribution in [0.15, 0.2) is 18.2 Å². The zero-order chi connectivity index (χ0) is 18.3. The van der Waals surface area contributed by atoms with Crippen molar-refractivity contribution in [1.29, 1.82) is 0 Å². The van der Waals surface area contributed by atoms with Gasteiger partial charge in [-0.3, -0.25) is 19.7 Å². The third-order valence-corrected chi connectivity index (χ3v) is 5.57. The highest BCUT2D eigenvalue weighted by molar-refractivity contribution is 6.05. The Hall–Kier alpha value is -2.25. The summed E-state index contributed by atoms with van der Waals surface area (Å²) < 4.78 is 0. The predicted octanol–water partition coefficient (Wildman–Crippen LogP) is 0.288. The fourth-order valence-electron chi connectivity index (χ4n) is 4.18. The molecule has 7 heteroatoms. The van der Waals surface area contributed by atoms with Crippen molar-refractivity contribution in [2.75, 3.05) is 6.54 Å². The van der Waals surface area contributed by atoms with Crippen LogP contribution in [-0.2, 0) is 22.7 Å². The predicted molar refractivity (Wildman–Crippen MR) is 95.2 cm³/mol. The van der Waals surface area contributed by atoms with Crippen LogP contribution in [-0.4, -0.2) is 47.3 Å². The van der Waals surface area contributed by atoms with Crippen molar-refractivity contribution in [2.24, 2.45) is 0 Å². The molecular weight excluding hydrogens is 332 g/mol. The highest BCUT2D eigenvalue weighted by Crippen LogP contribution is 2.29. The van der Waals surface area contributed by atoms with Crippen LogP contribution in [0.1, 0.15) is 47.7 Å². The van der Waals surface area contributed by atoms with Crippen LogP contribution in [0, 0.1) is 0 Å². The van der Waals surface area contributed by atoms with Gasteiger partial charge in [0.1, 0.15) is 6.04 Å². The molecule has 7 nitrogen and oxygen atoms in total. The van der Waals surface area contributed by atoms with Crippen molar-refractivity contribution >= 4 is 17.7 Å². The number of fused-ring (bicyclic) bond motifs is 1. The molecule has 3 heterocycles. The number of hydrogen-bond acceptors (Lipinski definition) is 5. The Morgan fingerprint density at radius 3 is 2.85 bits per heavy atom. The van der Waals surface area contributed by atoms with Gasteiger partial charge >= 0.3 is 0 Å². The summed E-state index contributed by atoms with van der Waals surface area (Å²) in [7, 11) is 0. The minimum absolute atomic E-state index is 0.107. The van der Waals surface area contributed by atoms with Gasteiger partial charge in [0.15, 0.2) is 0 Å². The van der Waals surface area contributed by atoms with Gasteiger partial charge in [0, 0.05) is 43.7 Å². The van der Waals surface area contributed by atoms with Crippen molar-refractivity contribution in [2.45, 2.75) is 57.4 Å². The summed E-state index contributed by atoms with van der Waals surface area (Å²) in [4.78, 5) is 38.2. The molecule has 1 aromatic rings. The number of amides is 3.